The lowest BCUT2D eigenvalue weighted by molar-refractivity contribution is -0.120. The Kier molecular flexibility index (Phi) is 32.8. The third-order valence-electron chi connectivity index (χ3n) is 8.73. The Bertz CT molecular complexity index is 495. The number of Topliss-reactive ketones (excluding diaryl/α,β-unsaturated/α-hetero) is 1. The molecule has 0 aromatic carbocycles. The molecule has 3 heteroatoms. The van der Waals surface area contributed by atoms with Crippen molar-refractivity contribution in [2.24, 2.45) is 0 Å². The van der Waals surface area contributed by atoms with Crippen LogP contribution in [0.15, 0.2) is 0 Å². The molecule has 0 heterocycles. The second-order valence-corrected chi connectivity index (χ2v) is 13.2. The van der Waals surface area contributed by atoms with Gasteiger partial charge in [0.25, 0.3) is 0 Å². The number of likely N-dealkylation sites (N-methyl/N-ethyl adjacent to an activating group) is 1. The second kappa shape index (κ2) is 33.1. The number of carbonyl (C=O) groups excluding carboxylic acids is 1. The van der Waals surface area contributed by atoms with Gasteiger partial charge in [0.1, 0.15) is 5.78 Å². The molecule has 0 rings (SSSR count). The van der Waals surface area contributed by atoms with Crippen LogP contribution in [0.2, 0.25) is 0 Å². The van der Waals surface area contributed by atoms with Crippen molar-refractivity contribution in [3.63, 3.8) is 0 Å². The van der Waals surface area contributed by atoms with Gasteiger partial charge in [-0.3, -0.25) is 9.69 Å². The summed E-state index contributed by atoms with van der Waals surface area (Å²) in [5, 5.41) is 0. The van der Waals surface area contributed by atoms with Gasteiger partial charge in [-0.05, 0) is 53.0 Å². The molecule has 0 saturated heterocycles. The van der Waals surface area contributed by atoms with Gasteiger partial charge < -0.3 is 4.90 Å². The van der Waals surface area contributed by atoms with Crippen molar-refractivity contribution in [2.75, 3.05) is 40.3 Å². The summed E-state index contributed by atoms with van der Waals surface area (Å²) in [6.45, 7) is 8.63. The van der Waals surface area contributed by atoms with Gasteiger partial charge in [0.15, 0.2) is 0 Å². The zero-order valence-electron chi connectivity index (χ0n) is 28.4. The predicted molar refractivity (Wildman–Crippen MR) is 181 cm³/mol. The van der Waals surface area contributed by atoms with E-state index in [9.17, 15) is 4.79 Å². The third-order valence-corrected chi connectivity index (χ3v) is 8.73. The van der Waals surface area contributed by atoms with Crippen LogP contribution in [0.25, 0.3) is 0 Å². The smallest absolute Gasteiger partial charge is 0.146 e. The zero-order valence-corrected chi connectivity index (χ0v) is 28.4. The van der Waals surface area contributed by atoms with E-state index in [1.165, 1.54) is 167 Å². The van der Waals surface area contributed by atoms with Gasteiger partial charge in [0.05, 0.1) is 6.54 Å². The second-order valence-electron chi connectivity index (χ2n) is 13.2. The van der Waals surface area contributed by atoms with E-state index >= 15 is 0 Å². The molecule has 0 aliphatic carbocycles. The molecule has 240 valence electrons. The highest BCUT2D eigenvalue weighted by molar-refractivity contribution is 5.80. The minimum atomic E-state index is 0.436. The van der Waals surface area contributed by atoms with Crippen molar-refractivity contribution in [3.05, 3.63) is 0 Å². The maximum atomic E-state index is 12.3. The molecule has 0 saturated carbocycles. The number of carbonyl (C=O) groups is 1. The van der Waals surface area contributed by atoms with Crippen LogP contribution < -0.4 is 0 Å². The molecule has 0 radical (unpaired) electrons. The maximum Gasteiger partial charge on any atom is 0.146 e. The summed E-state index contributed by atoms with van der Waals surface area (Å²) < 4.78 is 0. The average molecular weight is 565 g/mol. The normalized spacial score (nSPS) is 11.8. The van der Waals surface area contributed by atoms with Crippen molar-refractivity contribution in [2.45, 2.75) is 194 Å². The molecule has 0 bridgehead atoms. The van der Waals surface area contributed by atoms with E-state index < -0.39 is 0 Å². The fourth-order valence-electron chi connectivity index (χ4n) is 5.92. The Morgan fingerprint density at radius 3 is 1.07 bits per heavy atom. The van der Waals surface area contributed by atoms with Gasteiger partial charge in [-0.1, -0.05) is 168 Å². The van der Waals surface area contributed by atoms with Crippen molar-refractivity contribution >= 4 is 5.78 Å². The van der Waals surface area contributed by atoms with Gasteiger partial charge in [0, 0.05) is 6.42 Å². The van der Waals surface area contributed by atoms with Crippen LogP contribution in [0, 0.1) is 0 Å². The minimum Gasteiger partial charge on any atom is -0.306 e. The Labute approximate surface area is 254 Å². The summed E-state index contributed by atoms with van der Waals surface area (Å²) in [6.07, 6.45) is 38.2. The zero-order chi connectivity index (χ0) is 29.4. The summed E-state index contributed by atoms with van der Waals surface area (Å²) >= 11 is 0. The highest BCUT2D eigenvalue weighted by Crippen LogP contribution is 2.14. The highest BCUT2D eigenvalue weighted by Gasteiger charge is 2.07. The van der Waals surface area contributed by atoms with Gasteiger partial charge in [0.2, 0.25) is 0 Å². The summed E-state index contributed by atoms with van der Waals surface area (Å²) in [5.41, 5.74) is 0. The van der Waals surface area contributed by atoms with Crippen LogP contribution in [-0.2, 0) is 4.79 Å². The maximum absolute atomic E-state index is 12.3. The minimum absolute atomic E-state index is 0.436. The number of ketones is 1. The summed E-state index contributed by atoms with van der Waals surface area (Å²) in [7, 11) is 4.38. The Balaban J connectivity index is 3.38. The van der Waals surface area contributed by atoms with E-state index in [1.807, 2.05) is 0 Å². The summed E-state index contributed by atoms with van der Waals surface area (Å²) in [5.74, 6) is 0.436. The number of hydrogen-bond donors (Lipinski definition) is 0. The number of unbranched alkanes of at least 4 members (excludes halogenated alkanes) is 24. The van der Waals surface area contributed by atoms with Crippen LogP contribution in [0.5, 0.6) is 0 Å². The van der Waals surface area contributed by atoms with E-state index in [0.717, 1.165) is 32.4 Å². The van der Waals surface area contributed by atoms with Crippen molar-refractivity contribution in [1.82, 2.24) is 9.80 Å². The molecule has 0 spiro atoms. The molecule has 0 N–H and O–H groups in total. The first-order valence-corrected chi connectivity index (χ1v) is 18.5. The molecule has 0 fully saturated rings. The lowest BCUT2D eigenvalue weighted by atomic mass is 10.0. The number of nitrogens with zero attached hydrogens (tertiary/aromatic N) is 2. The fraction of sp³-hybridized carbons (Fsp3) is 0.973. The van der Waals surface area contributed by atoms with E-state index in [0.29, 0.717) is 12.3 Å². The molecule has 0 aromatic rings. The molecular formula is C37H76N2O. The quantitative estimate of drug-likeness (QED) is 0.0726. The number of hydrogen-bond acceptors (Lipinski definition) is 3. The first-order valence-electron chi connectivity index (χ1n) is 18.5. The lowest BCUT2D eigenvalue weighted by Gasteiger charge is -2.20. The molecule has 0 unspecified atom stereocenters. The van der Waals surface area contributed by atoms with Gasteiger partial charge >= 0.3 is 0 Å². The topological polar surface area (TPSA) is 23.6 Å². The van der Waals surface area contributed by atoms with Crippen LogP contribution in [0.4, 0.5) is 0 Å². The molecule has 0 aliphatic heterocycles. The Hall–Kier alpha value is -0.410. The standard InChI is InChI=1S/C37H76N2O/c1-5-7-9-11-13-15-17-19-20-22-24-26-28-30-33-38(3)34-31-35-39(4)36-37(40)32-29-27-25-23-21-18-16-14-12-10-8-6-2/h5-36H2,1-4H3. The van der Waals surface area contributed by atoms with Crippen molar-refractivity contribution in [1.29, 1.82) is 0 Å². The molecule has 0 amide bonds. The van der Waals surface area contributed by atoms with Gasteiger partial charge in [-0.2, -0.15) is 0 Å². The molecule has 3 nitrogen and oxygen atoms in total. The van der Waals surface area contributed by atoms with Crippen LogP contribution in [0.3, 0.4) is 0 Å². The SMILES string of the molecule is CCCCCCCCCCCCCCCCN(C)CCCN(C)CC(=O)CCCCCCCCCCCCCC. The van der Waals surface area contributed by atoms with Gasteiger partial charge in [-0.15, -0.1) is 0 Å². The fourth-order valence-corrected chi connectivity index (χ4v) is 5.92. The van der Waals surface area contributed by atoms with Crippen LogP contribution in [-0.4, -0.2) is 55.9 Å². The summed E-state index contributed by atoms with van der Waals surface area (Å²) in [6, 6.07) is 0. The first kappa shape index (κ1) is 39.6. The first-order chi connectivity index (χ1) is 19.6. The third kappa shape index (κ3) is 32.1. The Morgan fingerprint density at radius 1 is 0.375 bits per heavy atom. The molecule has 0 atom stereocenters. The van der Waals surface area contributed by atoms with E-state index in [2.05, 4.69) is 37.7 Å². The molecule has 0 aliphatic rings. The van der Waals surface area contributed by atoms with Crippen LogP contribution in [0.1, 0.15) is 194 Å². The van der Waals surface area contributed by atoms with Crippen molar-refractivity contribution in [3.8, 4) is 0 Å². The predicted octanol–water partition coefficient (Wildman–Crippen LogP) is 11.4. The summed E-state index contributed by atoms with van der Waals surface area (Å²) in [4.78, 5) is 17.1. The molecule has 0 aromatic heterocycles. The molecular weight excluding hydrogens is 488 g/mol. The van der Waals surface area contributed by atoms with Gasteiger partial charge in [-0.25, -0.2) is 0 Å². The average Bonchev–Trinajstić information content (AvgIpc) is 2.93. The highest BCUT2D eigenvalue weighted by atomic mass is 16.1. The van der Waals surface area contributed by atoms with E-state index in [-0.39, 0.29) is 0 Å². The lowest BCUT2D eigenvalue weighted by Crippen LogP contribution is -2.30. The van der Waals surface area contributed by atoms with Crippen molar-refractivity contribution < 1.29 is 4.79 Å². The monoisotopic (exact) mass is 565 g/mol. The van der Waals surface area contributed by atoms with Crippen LogP contribution >= 0.6 is 0 Å². The molecule has 40 heavy (non-hydrogen) atoms. The van der Waals surface area contributed by atoms with E-state index in [1.54, 1.807) is 0 Å². The largest absolute Gasteiger partial charge is 0.306 e. The Morgan fingerprint density at radius 2 is 0.675 bits per heavy atom. The van der Waals surface area contributed by atoms with E-state index in [4.69, 9.17) is 0 Å². The number of rotatable bonds is 34.